The molecule has 1 aliphatic rings. The molecule has 0 spiro atoms. The molecule has 0 saturated heterocycles. The van der Waals surface area contributed by atoms with E-state index in [0.29, 0.717) is 36.2 Å². The molecule has 1 aliphatic heterocycles. The number of thiazole rings is 1. The summed E-state index contributed by atoms with van der Waals surface area (Å²) in [5.74, 6) is -0.254. The highest BCUT2D eigenvalue weighted by Crippen LogP contribution is 2.35. The zero-order valence-electron chi connectivity index (χ0n) is 19.3. The third kappa shape index (κ3) is 5.49. The van der Waals surface area contributed by atoms with Crippen LogP contribution < -0.4 is 0 Å². The molecule has 36 heavy (non-hydrogen) atoms. The number of nitrogens with zero attached hydrogens (tertiary/aromatic N) is 5. The molecule has 0 N–H and O–H groups in total. The van der Waals surface area contributed by atoms with Crippen molar-refractivity contribution in [1.82, 2.24) is 24.4 Å². The smallest absolute Gasteiger partial charge is 0.334 e. The van der Waals surface area contributed by atoms with Crippen molar-refractivity contribution in [2.24, 2.45) is 0 Å². The molecule has 0 aromatic carbocycles. The van der Waals surface area contributed by atoms with E-state index in [0.717, 1.165) is 23.6 Å². The Morgan fingerprint density at radius 1 is 1.11 bits per heavy atom. The van der Waals surface area contributed by atoms with Gasteiger partial charge in [-0.1, -0.05) is 18.5 Å². The number of aromatic nitrogens is 4. The number of hydrogen-bond acceptors (Lipinski definition) is 7. The summed E-state index contributed by atoms with van der Waals surface area (Å²) in [6.07, 6.45) is -1.10. The number of carbonyl (C=O) groups excluding carboxylic acids is 3. The van der Waals surface area contributed by atoms with Crippen LogP contribution in [0.3, 0.4) is 0 Å². The number of carbonyl (C=O) groups is 3. The fraction of sp³-hybridized carbons (Fsp3) is 0.391. The van der Waals surface area contributed by atoms with Crippen molar-refractivity contribution in [3.05, 3.63) is 62.3 Å². The van der Waals surface area contributed by atoms with E-state index < -0.39 is 22.5 Å². The number of amides is 1. The van der Waals surface area contributed by atoms with Crippen LogP contribution >= 0.6 is 22.9 Å². The molecule has 0 aliphatic carbocycles. The van der Waals surface area contributed by atoms with Gasteiger partial charge >= 0.3 is 6.18 Å². The zero-order valence-corrected chi connectivity index (χ0v) is 20.9. The van der Waals surface area contributed by atoms with E-state index in [9.17, 15) is 27.6 Å². The second-order valence-electron chi connectivity index (χ2n) is 8.50. The summed E-state index contributed by atoms with van der Waals surface area (Å²) in [4.78, 5) is 51.5. The highest BCUT2D eigenvalue weighted by atomic mass is 35.5. The molecule has 1 amide bonds. The van der Waals surface area contributed by atoms with Crippen LogP contribution in [0.5, 0.6) is 0 Å². The third-order valence-corrected chi connectivity index (χ3v) is 7.44. The monoisotopic (exact) mass is 539 g/mol. The number of hydrogen-bond donors (Lipinski definition) is 0. The lowest BCUT2D eigenvalue weighted by Gasteiger charge is -2.27. The number of imidazole rings is 1. The first-order valence-corrected chi connectivity index (χ1v) is 12.2. The van der Waals surface area contributed by atoms with Gasteiger partial charge < -0.3 is 9.47 Å². The summed E-state index contributed by atoms with van der Waals surface area (Å²) in [6.45, 7) is 4.63. The van der Waals surface area contributed by atoms with Gasteiger partial charge in [0.15, 0.2) is 11.6 Å². The second-order valence-corrected chi connectivity index (χ2v) is 9.97. The molecule has 1 atom stereocenters. The Bertz CT molecular complexity index is 1340. The lowest BCUT2D eigenvalue weighted by atomic mass is 10.0. The maximum atomic E-state index is 13.1. The Kier molecular flexibility index (Phi) is 7.28. The fourth-order valence-electron chi connectivity index (χ4n) is 3.91. The van der Waals surface area contributed by atoms with Crippen LogP contribution in [-0.2, 0) is 30.5 Å². The van der Waals surface area contributed by atoms with Gasteiger partial charge in [-0.05, 0) is 6.07 Å². The van der Waals surface area contributed by atoms with Gasteiger partial charge in [0, 0.05) is 50.4 Å². The quantitative estimate of drug-likeness (QED) is 0.408. The Labute approximate surface area is 213 Å². The van der Waals surface area contributed by atoms with Crippen LogP contribution in [0.2, 0.25) is 5.02 Å². The minimum atomic E-state index is -4.65. The molecule has 13 heteroatoms. The van der Waals surface area contributed by atoms with Crippen LogP contribution in [0.4, 0.5) is 13.2 Å². The summed E-state index contributed by atoms with van der Waals surface area (Å²) >= 11 is 6.68. The van der Waals surface area contributed by atoms with Crippen molar-refractivity contribution >= 4 is 40.4 Å². The number of ketones is 2. The van der Waals surface area contributed by atoms with E-state index >= 15 is 0 Å². The molecule has 3 aromatic rings. The predicted octanol–water partition coefficient (Wildman–Crippen LogP) is 4.57. The number of pyridine rings is 1. The Morgan fingerprint density at radius 3 is 2.56 bits per heavy atom. The molecule has 0 saturated carbocycles. The van der Waals surface area contributed by atoms with E-state index in [4.69, 9.17) is 11.6 Å². The van der Waals surface area contributed by atoms with Gasteiger partial charge in [0.2, 0.25) is 5.91 Å². The average molecular weight is 540 g/mol. The van der Waals surface area contributed by atoms with Crippen molar-refractivity contribution in [2.75, 3.05) is 6.54 Å². The molecule has 0 radical (unpaired) electrons. The number of halogens is 4. The number of alkyl halides is 3. The summed E-state index contributed by atoms with van der Waals surface area (Å²) in [6, 6.07) is 0.769. The van der Waals surface area contributed by atoms with Crippen LogP contribution in [0.1, 0.15) is 68.4 Å². The van der Waals surface area contributed by atoms with Gasteiger partial charge in [-0.3, -0.25) is 19.4 Å². The third-order valence-electron chi connectivity index (χ3n) is 5.87. The van der Waals surface area contributed by atoms with E-state index in [-0.39, 0.29) is 41.0 Å². The zero-order chi connectivity index (χ0) is 26.2. The highest BCUT2D eigenvalue weighted by molar-refractivity contribution is 7.13. The van der Waals surface area contributed by atoms with Crippen molar-refractivity contribution in [3.63, 3.8) is 0 Å². The van der Waals surface area contributed by atoms with Gasteiger partial charge in [-0.25, -0.2) is 9.97 Å². The molecule has 4 rings (SSSR count). The maximum absolute atomic E-state index is 13.1. The number of fused-ring (bicyclic) bond motifs is 1. The summed E-state index contributed by atoms with van der Waals surface area (Å²) in [5, 5.41) is 0.0285. The molecule has 0 unspecified atom stereocenters. The minimum Gasteiger partial charge on any atom is -0.334 e. The molecule has 4 heterocycles. The van der Waals surface area contributed by atoms with Gasteiger partial charge in [-0.15, -0.1) is 11.3 Å². The molecular weight excluding hydrogens is 519 g/mol. The Balaban J connectivity index is 1.41. The molecule has 8 nitrogen and oxygen atoms in total. The van der Waals surface area contributed by atoms with E-state index in [1.807, 2.05) is 11.5 Å². The van der Waals surface area contributed by atoms with Crippen molar-refractivity contribution in [3.8, 4) is 0 Å². The molecular formula is C23H21ClF3N5O3S. The van der Waals surface area contributed by atoms with Crippen LogP contribution in [0, 0.1) is 0 Å². The van der Waals surface area contributed by atoms with E-state index in [1.165, 1.54) is 19.3 Å². The Morgan fingerprint density at radius 2 is 1.86 bits per heavy atom. The predicted molar refractivity (Wildman–Crippen MR) is 125 cm³/mol. The first-order chi connectivity index (χ1) is 16.9. The lowest BCUT2D eigenvalue weighted by molar-refractivity contribution is -0.137. The summed E-state index contributed by atoms with van der Waals surface area (Å²) < 4.78 is 41.0. The fourth-order valence-corrected chi connectivity index (χ4v) is 5.03. The normalized spacial score (nSPS) is 14.4. The first kappa shape index (κ1) is 26.0. The molecule has 3 aromatic heterocycles. The average Bonchev–Trinajstić information content (AvgIpc) is 3.47. The molecule has 0 fully saturated rings. The van der Waals surface area contributed by atoms with Crippen molar-refractivity contribution in [1.29, 1.82) is 0 Å². The SMILES string of the molecule is CC(=O)N1CCn2c(C(=O)C[C@H](C)c3ncc(C(=O)Cc4cc(C(F)(F)F)c(Cl)cn4)s3)cnc2C1. The topological polar surface area (TPSA) is 98.1 Å². The van der Waals surface area contributed by atoms with Gasteiger partial charge in [0.1, 0.15) is 11.5 Å². The highest BCUT2D eigenvalue weighted by Gasteiger charge is 2.34. The molecule has 0 bridgehead atoms. The van der Waals surface area contributed by atoms with E-state index in [1.54, 1.807) is 4.90 Å². The number of rotatable bonds is 7. The van der Waals surface area contributed by atoms with Crippen LogP contribution in [0.15, 0.2) is 24.7 Å². The molecule has 190 valence electrons. The number of Topliss-reactive ketones (excluding diaryl/α,β-unsaturated/α-hetero) is 2. The van der Waals surface area contributed by atoms with Gasteiger partial charge in [-0.2, -0.15) is 13.2 Å². The Hall–Kier alpha value is -3.12. The van der Waals surface area contributed by atoms with Crippen molar-refractivity contribution in [2.45, 2.75) is 51.9 Å². The summed E-state index contributed by atoms with van der Waals surface area (Å²) in [5.41, 5.74) is -0.638. The van der Waals surface area contributed by atoms with Crippen molar-refractivity contribution < 1.29 is 27.6 Å². The standard InChI is InChI=1S/C23H21ClF3N5O3S/c1-12(5-18(34)17-9-29-21-11-31(13(2)33)3-4-32(17)21)22-30-10-20(36-22)19(35)7-14-6-15(23(25,26)27)16(24)8-28-14/h6,8-10,12H,3-5,7,11H2,1-2H3/t12-/m0/s1. The van der Waals surface area contributed by atoms with Crippen LogP contribution in [-0.4, -0.2) is 48.4 Å². The van der Waals surface area contributed by atoms with Gasteiger partial charge in [0.25, 0.3) is 0 Å². The van der Waals surface area contributed by atoms with E-state index in [2.05, 4.69) is 15.0 Å². The van der Waals surface area contributed by atoms with Gasteiger partial charge in [0.05, 0.1) is 39.6 Å². The first-order valence-electron chi connectivity index (χ1n) is 11.0. The largest absolute Gasteiger partial charge is 0.417 e. The minimum absolute atomic E-state index is 0.0486. The maximum Gasteiger partial charge on any atom is 0.417 e. The second kappa shape index (κ2) is 10.1. The lowest BCUT2D eigenvalue weighted by Crippen LogP contribution is -2.37. The van der Waals surface area contributed by atoms with Crippen LogP contribution in [0.25, 0.3) is 0 Å². The summed E-state index contributed by atoms with van der Waals surface area (Å²) in [7, 11) is 0.